The van der Waals surface area contributed by atoms with Crippen molar-refractivity contribution in [3.8, 4) is 11.8 Å². The number of nitriles is 1. The zero-order valence-corrected chi connectivity index (χ0v) is 11.6. The Morgan fingerprint density at radius 1 is 1.26 bits per heavy atom. The fraction of sp³-hybridized carbons (Fsp3) is 0.133. The van der Waals surface area contributed by atoms with Gasteiger partial charge in [-0.15, -0.1) is 11.3 Å². The van der Waals surface area contributed by atoms with Gasteiger partial charge in [0.05, 0.1) is 5.56 Å². The number of hydrogen-bond donors (Lipinski definition) is 1. The molecule has 0 saturated carbocycles. The number of benzene rings is 1. The lowest BCUT2D eigenvalue weighted by atomic mass is 10.2. The standard InChI is InChI=1S/C15H13N3S/c1-9-10(2)18(15(17)13(9)8-16)12-3-4-14-11(7-12)5-6-19-14/h3-7H,17H2,1-2H3. The van der Waals surface area contributed by atoms with Crippen LogP contribution >= 0.6 is 11.3 Å². The fourth-order valence-corrected chi connectivity index (χ4v) is 3.17. The fourth-order valence-electron chi connectivity index (χ4n) is 2.40. The van der Waals surface area contributed by atoms with Crippen LogP contribution in [0.5, 0.6) is 0 Å². The quantitative estimate of drug-likeness (QED) is 0.729. The van der Waals surface area contributed by atoms with Crippen molar-refractivity contribution in [3.63, 3.8) is 0 Å². The Hall–Kier alpha value is -2.25. The Bertz CT molecular complexity index is 818. The van der Waals surface area contributed by atoms with Crippen LogP contribution in [0, 0.1) is 25.2 Å². The van der Waals surface area contributed by atoms with Gasteiger partial charge in [0, 0.05) is 16.1 Å². The summed E-state index contributed by atoms with van der Waals surface area (Å²) in [5.41, 5.74) is 9.65. The van der Waals surface area contributed by atoms with Crippen LogP contribution in [0.25, 0.3) is 15.8 Å². The first-order chi connectivity index (χ1) is 9.13. The molecule has 0 aliphatic heterocycles. The van der Waals surface area contributed by atoms with Crippen LogP contribution in [0.4, 0.5) is 5.82 Å². The number of hydrogen-bond acceptors (Lipinski definition) is 3. The van der Waals surface area contributed by atoms with Gasteiger partial charge in [-0.25, -0.2) is 0 Å². The predicted molar refractivity (Wildman–Crippen MR) is 79.8 cm³/mol. The average Bonchev–Trinajstić information content (AvgIpc) is 2.94. The number of nitrogens with two attached hydrogens (primary N) is 1. The number of fused-ring (bicyclic) bond motifs is 1. The van der Waals surface area contributed by atoms with Crippen LogP contribution in [0.3, 0.4) is 0 Å². The summed E-state index contributed by atoms with van der Waals surface area (Å²) in [7, 11) is 0. The molecule has 3 aromatic rings. The van der Waals surface area contributed by atoms with Gasteiger partial charge < -0.3 is 5.73 Å². The third kappa shape index (κ3) is 1.63. The van der Waals surface area contributed by atoms with E-state index in [9.17, 15) is 5.26 Å². The molecule has 0 aliphatic carbocycles. The first-order valence-electron chi connectivity index (χ1n) is 5.98. The largest absolute Gasteiger partial charge is 0.384 e. The molecule has 0 fully saturated rings. The van der Waals surface area contributed by atoms with Gasteiger partial charge in [-0.2, -0.15) is 5.26 Å². The Morgan fingerprint density at radius 3 is 2.74 bits per heavy atom. The van der Waals surface area contributed by atoms with Gasteiger partial charge in [0.15, 0.2) is 0 Å². The van der Waals surface area contributed by atoms with Crippen molar-refractivity contribution in [2.45, 2.75) is 13.8 Å². The highest BCUT2D eigenvalue weighted by Crippen LogP contribution is 2.30. The zero-order valence-electron chi connectivity index (χ0n) is 10.8. The lowest BCUT2D eigenvalue weighted by molar-refractivity contribution is 1.02. The second-order valence-corrected chi connectivity index (χ2v) is 5.51. The van der Waals surface area contributed by atoms with Crippen LogP contribution < -0.4 is 5.73 Å². The molecule has 0 saturated heterocycles. The van der Waals surface area contributed by atoms with Gasteiger partial charge in [0.1, 0.15) is 11.9 Å². The van der Waals surface area contributed by atoms with Crippen molar-refractivity contribution >= 4 is 27.2 Å². The van der Waals surface area contributed by atoms with Crippen molar-refractivity contribution in [3.05, 3.63) is 46.5 Å². The molecule has 0 atom stereocenters. The highest BCUT2D eigenvalue weighted by molar-refractivity contribution is 7.17. The van der Waals surface area contributed by atoms with Crippen LogP contribution in [0.15, 0.2) is 29.6 Å². The van der Waals surface area contributed by atoms with Crippen molar-refractivity contribution in [2.75, 3.05) is 5.73 Å². The van der Waals surface area contributed by atoms with Gasteiger partial charge in [-0.3, -0.25) is 4.57 Å². The van der Waals surface area contributed by atoms with Crippen LogP contribution in [0.2, 0.25) is 0 Å². The van der Waals surface area contributed by atoms with Gasteiger partial charge in [-0.05, 0) is 54.4 Å². The third-order valence-electron chi connectivity index (χ3n) is 3.56. The first-order valence-corrected chi connectivity index (χ1v) is 6.86. The Morgan fingerprint density at radius 2 is 2.05 bits per heavy atom. The summed E-state index contributed by atoms with van der Waals surface area (Å²) in [4.78, 5) is 0. The third-order valence-corrected chi connectivity index (χ3v) is 4.45. The lowest BCUT2D eigenvalue weighted by Gasteiger charge is -2.09. The van der Waals surface area contributed by atoms with Crippen molar-refractivity contribution in [1.82, 2.24) is 4.57 Å². The Labute approximate surface area is 115 Å². The van der Waals surface area contributed by atoms with Crippen molar-refractivity contribution in [2.24, 2.45) is 0 Å². The molecular weight excluding hydrogens is 254 g/mol. The molecule has 2 aromatic heterocycles. The molecule has 2 N–H and O–H groups in total. The predicted octanol–water partition coefficient (Wildman–Crippen LogP) is 3.76. The van der Waals surface area contributed by atoms with E-state index in [-0.39, 0.29) is 0 Å². The molecule has 1 aromatic carbocycles. The van der Waals surface area contributed by atoms with E-state index in [4.69, 9.17) is 5.73 Å². The lowest BCUT2D eigenvalue weighted by Crippen LogP contribution is -2.02. The normalized spacial score (nSPS) is 10.8. The molecule has 4 heteroatoms. The van der Waals surface area contributed by atoms with E-state index in [0.29, 0.717) is 11.4 Å². The number of thiophene rings is 1. The summed E-state index contributed by atoms with van der Waals surface area (Å²) in [6, 6.07) is 10.5. The molecule has 0 spiro atoms. The van der Waals surface area contributed by atoms with Crippen molar-refractivity contribution < 1.29 is 0 Å². The molecule has 3 nitrogen and oxygen atoms in total. The maximum absolute atomic E-state index is 9.18. The second-order valence-electron chi connectivity index (χ2n) is 4.56. The maximum atomic E-state index is 9.18. The summed E-state index contributed by atoms with van der Waals surface area (Å²) >= 11 is 1.72. The molecule has 0 aliphatic rings. The van der Waals surface area contributed by atoms with Crippen LogP contribution in [-0.2, 0) is 0 Å². The summed E-state index contributed by atoms with van der Waals surface area (Å²) in [5, 5.41) is 12.5. The number of rotatable bonds is 1. The molecule has 3 rings (SSSR count). The molecule has 94 valence electrons. The Kier molecular flexibility index (Phi) is 2.58. The van der Waals surface area contributed by atoms with E-state index in [0.717, 1.165) is 16.9 Å². The number of nitrogens with zero attached hydrogens (tertiary/aromatic N) is 2. The van der Waals surface area contributed by atoms with E-state index in [1.54, 1.807) is 11.3 Å². The SMILES string of the molecule is Cc1c(C#N)c(N)n(-c2ccc3sccc3c2)c1C. The Balaban J connectivity index is 2.30. The minimum absolute atomic E-state index is 0.520. The zero-order chi connectivity index (χ0) is 13.6. The van der Waals surface area contributed by atoms with Gasteiger partial charge in [0.2, 0.25) is 0 Å². The molecule has 19 heavy (non-hydrogen) atoms. The molecule has 0 unspecified atom stereocenters. The van der Waals surface area contributed by atoms with Gasteiger partial charge >= 0.3 is 0 Å². The van der Waals surface area contributed by atoms with Gasteiger partial charge in [0.25, 0.3) is 0 Å². The van der Waals surface area contributed by atoms with E-state index in [2.05, 4.69) is 29.6 Å². The van der Waals surface area contributed by atoms with E-state index in [1.165, 1.54) is 10.1 Å². The molecule has 0 radical (unpaired) electrons. The minimum Gasteiger partial charge on any atom is -0.384 e. The second kappa shape index (κ2) is 4.15. The molecular formula is C15H13N3S. The summed E-state index contributed by atoms with van der Waals surface area (Å²) < 4.78 is 3.20. The first kappa shape index (κ1) is 11.8. The maximum Gasteiger partial charge on any atom is 0.126 e. The molecule has 0 bridgehead atoms. The number of aromatic nitrogens is 1. The highest BCUT2D eigenvalue weighted by atomic mass is 32.1. The van der Waals surface area contributed by atoms with E-state index in [1.807, 2.05) is 24.5 Å². The topological polar surface area (TPSA) is 54.7 Å². The summed E-state index contributed by atoms with van der Waals surface area (Å²) in [6.45, 7) is 3.92. The number of anilines is 1. The smallest absolute Gasteiger partial charge is 0.126 e. The summed E-state index contributed by atoms with van der Waals surface area (Å²) in [5.74, 6) is 0.520. The van der Waals surface area contributed by atoms with Crippen LogP contribution in [-0.4, -0.2) is 4.57 Å². The van der Waals surface area contributed by atoms with Crippen molar-refractivity contribution in [1.29, 1.82) is 5.26 Å². The van der Waals surface area contributed by atoms with E-state index < -0.39 is 0 Å². The average molecular weight is 267 g/mol. The van der Waals surface area contributed by atoms with E-state index >= 15 is 0 Å². The molecule has 0 amide bonds. The van der Waals surface area contributed by atoms with Gasteiger partial charge in [-0.1, -0.05) is 0 Å². The monoisotopic (exact) mass is 267 g/mol. The summed E-state index contributed by atoms with van der Waals surface area (Å²) in [6.07, 6.45) is 0. The number of nitrogen functional groups attached to an aromatic ring is 1. The highest BCUT2D eigenvalue weighted by Gasteiger charge is 2.16. The molecule has 2 heterocycles. The van der Waals surface area contributed by atoms with Crippen LogP contribution in [0.1, 0.15) is 16.8 Å². The minimum atomic E-state index is 0.520.